The zero-order valence-corrected chi connectivity index (χ0v) is 9.52. The van der Waals surface area contributed by atoms with E-state index in [0.29, 0.717) is 0 Å². The molecule has 0 saturated carbocycles. The van der Waals surface area contributed by atoms with E-state index in [2.05, 4.69) is 58.4 Å². The Morgan fingerprint density at radius 3 is 2.14 bits per heavy atom. The van der Waals surface area contributed by atoms with Crippen molar-refractivity contribution in [3.8, 4) is 0 Å². The SMILES string of the molecule is CC1(C)[C]CC(C)(C)c2ccccc21. The second-order valence-electron chi connectivity index (χ2n) is 5.41. The lowest BCUT2D eigenvalue weighted by molar-refractivity contribution is 0.414. The van der Waals surface area contributed by atoms with E-state index in [1.54, 1.807) is 0 Å². The normalized spacial score (nSPS) is 22.9. The van der Waals surface area contributed by atoms with Crippen LogP contribution in [0.2, 0.25) is 0 Å². The van der Waals surface area contributed by atoms with Gasteiger partial charge in [-0.15, -0.1) is 0 Å². The molecule has 1 aliphatic rings. The number of benzene rings is 1. The molecule has 0 aliphatic heterocycles. The maximum Gasteiger partial charge on any atom is -0.00322 e. The molecule has 0 N–H and O–H groups in total. The lowest BCUT2D eigenvalue weighted by Gasteiger charge is -2.41. The predicted molar refractivity (Wildman–Crippen MR) is 60.4 cm³/mol. The highest BCUT2D eigenvalue weighted by atomic mass is 14.4. The second-order valence-corrected chi connectivity index (χ2v) is 5.41. The van der Waals surface area contributed by atoms with Crippen LogP contribution >= 0.6 is 0 Å². The molecule has 0 atom stereocenters. The monoisotopic (exact) mass is 186 g/mol. The van der Waals surface area contributed by atoms with Gasteiger partial charge in [-0.2, -0.15) is 0 Å². The van der Waals surface area contributed by atoms with E-state index >= 15 is 0 Å². The summed E-state index contributed by atoms with van der Waals surface area (Å²) in [5, 5.41) is 0. The third kappa shape index (κ3) is 1.37. The first kappa shape index (κ1) is 9.76. The molecule has 0 nitrogen and oxygen atoms in total. The molecule has 0 heteroatoms. The van der Waals surface area contributed by atoms with Crippen molar-refractivity contribution < 1.29 is 0 Å². The highest BCUT2D eigenvalue weighted by Crippen LogP contribution is 2.44. The van der Waals surface area contributed by atoms with Crippen molar-refractivity contribution in [2.75, 3.05) is 0 Å². The first-order chi connectivity index (χ1) is 6.43. The van der Waals surface area contributed by atoms with Gasteiger partial charge in [-0.1, -0.05) is 52.0 Å². The van der Waals surface area contributed by atoms with Crippen LogP contribution in [0.1, 0.15) is 45.2 Å². The lowest BCUT2D eigenvalue weighted by Crippen LogP contribution is -2.34. The van der Waals surface area contributed by atoms with Crippen LogP contribution in [-0.2, 0) is 10.8 Å². The molecule has 1 aromatic rings. The Morgan fingerprint density at radius 1 is 1.00 bits per heavy atom. The molecule has 1 aliphatic carbocycles. The van der Waals surface area contributed by atoms with Gasteiger partial charge >= 0.3 is 0 Å². The summed E-state index contributed by atoms with van der Waals surface area (Å²) >= 11 is 0. The average molecular weight is 186 g/mol. The van der Waals surface area contributed by atoms with Crippen molar-refractivity contribution in [2.45, 2.75) is 44.9 Å². The topological polar surface area (TPSA) is 0 Å². The molecular weight excluding hydrogens is 168 g/mol. The third-order valence-corrected chi connectivity index (χ3v) is 3.30. The third-order valence-electron chi connectivity index (χ3n) is 3.30. The van der Waals surface area contributed by atoms with E-state index < -0.39 is 0 Å². The van der Waals surface area contributed by atoms with Crippen LogP contribution in [0.5, 0.6) is 0 Å². The molecule has 0 fully saturated rings. The molecule has 0 unspecified atom stereocenters. The van der Waals surface area contributed by atoms with Gasteiger partial charge in [-0.3, -0.25) is 0 Å². The van der Waals surface area contributed by atoms with Crippen LogP contribution in [0.3, 0.4) is 0 Å². The number of hydrogen-bond acceptors (Lipinski definition) is 0. The zero-order valence-electron chi connectivity index (χ0n) is 9.52. The predicted octanol–water partition coefficient (Wildman–Crippen LogP) is 3.73. The highest BCUT2D eigenvalue weighted by Gasteiger charge is 2.36. The summed E-state index contributed by atoms with van der Waals surface area (Å²) in [7, 11) is 0. The summed E-state index contributed by atoms with van der Waals surface area (Å²) in [6.45, 7) is 9.10. The van der Waals surface area contributed by atoms with E-state index in [4.69, 9.17) is 0 Å². The maximum absolute atomic E-state index is 3.60. The lowest BCUT2D eigenvalue weighted by atomic mass is 9.63. The molecule has 14 heavy (non-hydrogen) atoms. The Kier molecular flexibility index (Phi) is 1.99. The number of rotatable bonds is 0. The first-order valence-corrected chi connectivity index (χ1v) is 5.28. The fourth-order valence-corrected chi connectivity index (χ4v) is 2.25. The van der Waals surface area contributed by atoms with E-state index in [1.807, 2.05) is 0 Å². The summed E-state index contributed by atoms with van der Waals surface area (Å²) in [4.78, 5) is 0. The zero-order chi connectivity index (χ0) is 10.4. The van der Waals surface area contributed by atoms with Crippen molar-refractivity contribution in [3.63, 3.8) is 0 Å². The summed E-state index contributed by atoms with van der Waals surface area (Å²) < 4.78 is 0. The minimum absolute atomic E-state index is 0.117. The summed E-state index contributed by atoms with van der Waals surface area (Å²) in [5.41, 5.74) is 3.30. The molecule has 0 heterocycles. The fourth-order valence-electron chi connectivity index (χ4n) is 2.25. The van der Waals surface area contributed by atoms with Gasteiger partial charge in [0.05, 0.1) is 0 Å². The molecule has 0 amide bonds. The molecule has 0 saturated heterocycles. The summed E-state index contributed by atoms with van der Waals surface area (Å²) in [6.07, 6.45) is 4.66. The van der Waals surface area contributed by atoms with Crippen molar-refractivity contribution in [3.05, 3.63) is 41.8 Å². The van der Waals surface area contributed by atoms with Gasteiger partial charge in [0.15, 0.2) is 0 Å². The first-order valence-electron chi connectivity index (χ1n) is 5.28. The van der Waals surface area contributed by atoms with Crippen molar-refractivity contribution >= 4 is 0 Å². The molecule has 2 rings (SSSR count). The Hall–Kier alpha value is -0.780. The van der Waals surface area contributed by atoms with E-state index in [1.165, 1.54) is 11.1 Å². The molecule has 0 aromatic heterocycles. The van der Waals surface area contributed by atoms with Crippen molar-refractivity contribution in [2.24, 2.45) is 0 Å². The van der Waals surface area contributed by atoms with Gasteiger partial charge in [0.1, 0.15) is 0 Å². The maximum atomic E-state index is 3.60. The van der Waals surface area contributed by atoms with Crippen LogP contribution in [0.4, 0.5) is 0 Å². The quantitative estimate of drug-likeness (QED) is 0.579. The molecule has 2 radical (unpaired) electrons. The highest BCUT2D eigenvalue weighted by molar-refractivity contribution is 5.43. The van der Waals surface area contributed by atoms with Gasteiger partial charge in [-0.25, -0.2) is 0 Å². The smallest absolute Gasteiger partial charge is 0.00322 e. The van der Waals surface area contributed by atoms with Gasteiger partial charge in [-0.05, 0) is 34.8 Å². The largest absolute Gasteiger partial charge is 0.0620 e. The minimum atomic E-state index is 0.117. The van der Waals surface area contributed by atoms with E-state index in [0.717, 1.165) is 6.42 Å². The van der Waals surface area contributed by atoms with Gasteiger partial charge in [0.25, 0.3) is 0 Å². The van der Waals surface area contributed by atoms with Crippen molar-refractivity contribution in [1.82, 2.24) is 0 Å². The van der Waals surface area contributed by atoms with Crippen LogP contribution in [0.15, 0.2) is 24.3 Å². The molecule has 74 valence electrons. The summed E-state index contributed by atoms with van der Waals surface area (Å²) in [5.74, 6) is 0. The molecule has 0 spiro atoms. The Morgan fingerprint density at radius 2 is 1.57 bits per heavy atom. The van der Waals surface area contributed by atoms with Crippen LogP contribution in [0.25, 0.3) is 0 Å². The van der Waals surface area contributed by atoms with E-state index in [9.17, 15) is 0 Å². The Balaban J connectivity index is 2.61. The number of fused-ring (bicyclic) bond motifs is 1. The molecular formula is C14H18. The van der Waals surface area contributed by atoms with Gasteiger partial charge in [0, 0.05) is 0 Å². The Labute approximate surface area is 87.3 Å². The van der Waals surface area contributed by atoms with Gasteiger partial charge in [0.2, 0.25) is 0 Å². The molecule has 0 bridgehead atoms. The average Bonchev–Trinajstić information content (AvgIpc) is 2.14. The van der Waals surface area contributed by atoms with Crippen LogP contribution < -0.4 is 0 Å². The summed E-state index contributed by atoms with van der Waals surface area (Å²) in [6, 6.07) is 8.77. The standard InChI is InChI=1S/C14H18/c1-13(2)9-10-14(3,4)12-8-6-5-7-11(12)13/h5-8H,9H2,1-4H3. The van der Waals surface area contributed by atoms with Crippen molar-refractivity contribution in [1.29, 1.82) is 0 Å². The number of hydrogen-bond donors (Lipinski definition) is 0. The van der Waals surface area contributed by atoms with E-state index in [-0.39, 0.29) is 10.8 Å². The fraction of sp³-hybridized carbons (Fsp3) is 0.500. The van der Waals surface area contributed by atoms with Crippen LogP contribution in [-0.4, -0.2) is 0 Å². The minimum Gasteiger partial charge on any atom is -0.0620 e. The Bertz CT molecular complexity index is 310. The second kappa shape index (κ2) is 2.85. The van der Waals surface area contributed by atoms with Crippen LogP contribution in [0, 0.1) is 6.42 Å². The molecule has 1 aromatic carbocycles. The van der Waals surface area contributed by atoms with Gasteiger partial charge < -0.3 is 0 Å².